The number of hydrogen-bond donors (Lipinski definition) is 1. The minimum atomic E-state index is -2.15. The summed E-state index contributed by atoms with van der Waals surface area (Å²) in [6.07, 6.45) is 0. The molecule has 2 unspecified atom stereocenters. The average molecular weight is 442 g/mol. The minimum absolute atomic E-state index is 0.126. The third-order valence-electron chi connectivity index (χ3n) is 5.72. The SMILES string of the molecule is CC(c1ccccc1)c1ccccc1OP(O)Oc1ccccc1C(C)c1ccccc1. The van der Waals surface area contributed by atoms with E-state index < -0.39 is 8.60 Å². The van der Waals surface area contributed by atoms with E-state index in [1.54, 1.807) is 0 Å². The topological polar surface area (TPSA) is 38.7 Å². The van der Waals surface area contributed by atoms with Crippen LogP contribution in [0.2, 0.25) is 0 Å². The van der Waals surface area contributed by atoms with Gasteiger partial charge < -0.3 is 13.9 Å². The molecule has 0 spiro atoms. The lowest BCUT2D eigenvalue weighted by Crippen LogP contribution is -2.03. The van der Waals surface area contributed by atoms with Crippen LogP contribution in [-0.2, 0) is 0 Å². The second-order valence-corrected chi connectivity index (χ2v) is 8.60. The lowest BCUT2D eigenvalue weighted by atomic mass is 9.93. The molecule has 4 aromatic rings. The van der Waals surface area contributed by atoms with Gasteiger partial charge >= 0.3 is 8.60 Å². The molecule has 4 rings (SSSR count). The summed E-state index contributed by atoms with van der Waals surface area (Å²) in [7, 11) is -2.15. The highest BCUT2D eigenvalue weighted by Gasteiger charge is 2.21. The van der Waals surface area contributed by atoms with Crippen molar-refractivity contribution in [3.8, 4) is 11.5 Å². The van der Waals surface area contributed by atoms with E-state index in [-0.39, 0.29) is 11.8 Å². The number of para-hydroxylation sites is 2. The lowest BCUT2D eigenvalue weighted by molar-refractivity contribution is 0.377. The van der Waals surface area contributed by atoms with Gasteiger partial charge in [0.1, 0.15) is 11.5 Å². The van der Waals surface area contributed by atoms with E-state index in [4.69, 9.17) is 9.05 Å². The molecule has 0 aliphatic rings. The zero-order chi connectivity index (χ0) is 22.3. The van der Waals surface area contributed by atoms with Gasteiger partial charge in [-0.15, -0.1) is 0 Å². The molecular formula is C28H27O3P. The summed E-state index contributed by atoms with van der Waals surface area (Å²) in [5, 5.41) is 0. The maximum absolute atomic E-state index is 10.7. The van der Waals surface area contributed by atoms with Crippen molar-refractivity contribution < 1.29 is 13.9 Å². The predicted octanol–water partition coefficient (Wildman–Crippen LogP) is 7.67. The Morgan fingerprint density at radius 2 is 0.875 bits per heavy atom. The third kappa shape index (κ3) is 5.19. The van der Waals surface area contributed by atoms with E-state index in [9.17, 15) is 4.89 Å². The summed E-state index contributed by atoms with van der Waals surface area (Å²) in [6.45, 7) is 4.27. The van der Waals surface area contributed by atoms with Crippen LogP contribution in [0.1, 0.15) is 47.9 Å². The summed E-state index contributed by atoms with van der Waals surface area (Å²) in [5.74, 6) is 1.51. The summed E-state index contributed by atoms with van der Waals surface area (Å²) in [4.78, 5) is 10.7. The van der Waals surface area contributed by atoms with Crippen LogP contribution in [-0.4, -0.2) is 4.89 Å². The Bertz CT molecular complexity index is 1040. The average Bonchev–Trinajstić information content (AvgIpc) is 2.85. The fraction of sp³-hybridized carbons (Fsp3) is 0.143. The van der Waals surface area contributed by atoms with E-state index in [0.29, 0.717) is 11.5 Å². The first kappa shape index (κ1) is 22.1. The summed E-state index contributed by atoms with van der Waals surface area (Å²) in [6, 6.07) is 36.1. The van der Waals surface area contributed by atoms with E-state index in [1.165, 1.54) is 11.1 Å². The molecule has 0 aromatic heterocycles. The molecule has 1 N–H and O–H groups in total. The summed E-state index contributed by atoms with van der Waals surface area (Å²) >= 11 is 0. The van der Waals surface area contributed by atoms with Gasteiger partial charge in [0.2, 0.25) is 0 Å². The second-order valence-electron chi connectivity index (χ2n) is 7.76. The van der Waals surface area contributed by atoms with Crippen molar-refractivity contribution in [3.05, 3.63) is 131 Å². The number of benzene rings is 4. The van der Waals surface area contributed by atoms with E-state index >= 15 is 0 Å². The van der Waals surface area contributed by atoms with Crippen LogP contribution >= 0.6 is 8.60 Å². The molecule has 0 radical (unpaired) electrons. The van der Waals surface area contributed by atoms with Crippen molar-refractivity contribution >= 4 is 8.60 Å². The molecule has 4 aromatic carbocycles. The first-order valence-corrected chi connectivity index (χ1v) is 11.9. The Labute approximate surface area is 191 Å². The van der Waals surface area contributed by atoms with Crippen molar-refractivity contribution in [3.63, 3.8) is 0 Å². The highest BCUT2D eigenvalue weighted by molar-refractivity contribution is 7.41. The van der Waals surface area contributed by atoms with Gasteiger partial charge in [-0.3, -0.25) is 0 Å². The van der Waals surface area contributed by atoms with Crippen LogP contribution in [0, 0.1) is 0 Å². The van der Waals surface area contributed by atoms with Crippen LogP contribution in [0.3, 0.4) is 0 Å². The van der Waals surface area contributed by atoms with Crippen LogP contribution in [0.15, 0.2) is 109 Å². The van der Waals surface area contributed by atoms with Gasteiger partial charge in [-0.2, -0.15) is 0 Å². The largest absolute Gasteiger partial charge is 0.460 e. The normalized spacial score (nSPS) is 13.7. The first-order chi connectivity index (χ1) is 15.6. The fourth-order valence-electron chi connectivity index (χ4n) is 3.87. The van der Waals surface area contributed by atoms with Crippen LogP contribution in [0.5, 0.6) is 11.5 Å². The Morgan fingerprint density at radius 1 is 0.531 bits per heavy atom. The molecule has 162 valence electrons. The molecule has 0 aliphatic heterocycles. The maximum Gasteiger partial charge on any atom is 0.460 e. The van der Waals surface area contributed by atoms with Gasteiger partial charge in [-0.1, -0.05) is 111 Å². The molecule has 32 heavy (non-hydrogen) atoms. The Morgan fingerprint density at radius 3 is 1.28 bits per heavy atom. The van der Waals surface area contributed by atoms with Gasteiger partial charge in [0.15, 0.2) is 0 Å². The molecule has 0 saturated carbocycles. The predicted molar refractivity (Wildman–Crippen MR) is 131 cm³/mol. The molecule has 0 heterocycles. The molecule has 3 nitrogen and oxygen atoms in total. The molecular weight excluding hydrogens is 415 g/mol. The van der Waals surface area contributed by atoms with Gasteiger partial charge in [0.05, 0.1) is 0 Å². The molecule has 0 bridgehead atoms. The smallest absolute Gasteiger partial charge is 0.418 e. The number of rotatable bonds is 8. The Kier molecular flexibility index (Phi) is 7.21. The summed E-state index contributed by atoms with van der Waals surface area (Å²) in [5.41, 5.74) is 4.40. The zero-order valence-electron chi connectivity index (χ0n) is 18.3. The lowest BCUT2D eigenvalue weighted by Gasteiger charge is -2.21. The third-order valence-corrected chi connectivity index (χ3v) is 6.43. The monoisotopic (exact) mass is 442 g/mol. The van der Waals surface area contributed by atoms with Crippen molar-refractivity contribution in [2.75, 3.05) is 0 Å². The second kappa shape index (κ2) is 10.5. The fourth-order valence-corrected chi connectivity index (χ4v) is 4.58. The molecule has 2 atom stereocenters. The Hall–Kier alpha value is -3.13. The first-order valence-electron chi connectivity index (χ1n) is 10.8. The summed E-state index contributed by atoms with van der Waals surface area (Å²) < 4.78 is 11.9. The minimum Gasteiger partial charge on any atom is -0.418 e. The van der Waals surface area contributed by atoms with Crippen LogP contribution in [0.4, 0.5) is 0 Å². The standard InChI is InChI=1S/C28H27O3P/c1-21(23-13-5-3-6-14-23)25-17-9-11-19-27(25)30-32(29)31-28-20-12-10-18-26(28)22(2)24-15-7-4-8-16-24/h3-22,29H,1-2H3. The zero-order valence-corrected chi connectivity index (χ0v) is 19.2. The van der Waals surface area contributed by atoms with Gasteiger partial charge in [-0.25, -0.2) is 0 Å². The quantitative estimate of drug-likeness (QED) is 0.285. The molecule has 0 aliphatic carbocycles. The number of hydrogen-bond acceptors (Lipinski definition) is 3. The van der Waals surface area contributed by atoms with E-state index in [1.807, 2.05) is 84.9 Å². The molecule has 4 heteroatoms. The molecule has 0 fully saturated rings. The van der Waals surface area contributed by atoms with Crippen molar-refractivity contribution in [2.45, 2.75) is 25.7 Å². The van der Waals surface area contributed by atoms with E-state index in [2.05, 4.69) is 38.1 Å². The van der Waals surface area contributed by atoms with Crippen LogP contribution in [0.25, 0.3) is 0 Å². The highest BCUT2D eigenvalue weighted by Crippen LogP contribution is 2.43. The van der Waals surface area contributed by atoms with Crippen molar-refractivity contribution in [1.82, 2.24) is 0 Å². The Balaban J connectivity index is 1.53. The highest BCUT2D eigenvalue weighted by atomic mass is 31.2. The van der Waals surface area contributed by atoms with Gasteiger partial charge in [0, 0.05) is 23.0 Å². The van der Waals surface area contributed by atoms with Gasteiger partial charge in [-0.05, 0) is 23.3 Å². The molecule has 0 amide bonds. The van der Waals surface area contributed by atoms with Crippen LogP contribution < -0.4 is 9.05 Å². The molecule has 0 saturated heterocycles. The maximum atomic E-state index is 10.7. The van der Waals surface area contributed by atoms with Crippen molar-refractivity contribution in [1.29, 1.82) is 0 Å². The van der Waals surface area contributed by atoms with Crippen molar-refractivity contribution in [2.24, 2.45) is 0 Å². The van der Waals surface area contributed by atoms with E-state index in [0.717, 1.165) is 11.1 Å². The van der Waals surface area contributed by atoms with Gasteiger partial charge in [0.25, 0.3) is 0 Å².